The second-order valence-corrected chi connectivity index (χ2v) is 5.53. The molecule has 0 radical (unpaired) electrons. The fourth-order valence-electron chi connectivity index (χ4n) is 2.68. The molecule has 0 saturated carbocycles. The Labute approximate surface area is 129 Å². The van der Waals surface area contributed by atoms with E-state index in [0.717, 1.165) is 7.05 Å². The maximum Gasteiger partial charge on any atom is 0.433 e. The minimum absolute atomic E-state index is 0.0812. The van der Waals surface area contributed by atoms with E-state index in [1.165, 1.54) is 12.0 Å². The quantitative estimate of drug-likeness (QED) is 0.887. The van der Waals surface area contributed by atoms with Crippen LogP contribution in [-0.4, -0.2) is 58.5 Å². The highest BCUT2D eigenvalue weighted by molar-refractivity contribution is 5.93. The lowest BCUT2D eigenvalue weighted by Gasteiger charge is -2.23. The fraction of sp³-hybridized carbons (Fsp3) is 0.615. The molecule has 23 heavy (non-hydrogen) atoms. The standard InChI is InChI=1S/C13H16F3N3O4/c1-18-9(13(14,15)16)5-8(17-18)10(20)19-4-3-12(6-19,7-23-2)11(21)22/h5H,3-4,6-7H2,1-2H3,(H,21,22). The summed E-state index contributed by atoms with van der Waals surface area (Å²) in [4.78, 5) is 24.9. The lowest BCUT2D eigenvalue weighted by Crippen LogP contribution is -2.40. The second kappa shape index (κ2) is 5.84. The van der Waals surface area contributed by atoms with E-state index in [-0.39, 0.29) is 31.8 Å². The van der Waals surface area contributed by atoms with Crippen LogP contribution in [0, 0.1) is 5.41 Å². The summed E-state index contributed by atoms with van der Waals surface area (Å²) < 4.78 is 43.7. The van der Waals surface area contributed by atoms with Gasteiger partial charge in [-0.2, -0.15) is 18.3 Å². The predicted molar refractivity (Wildman–Crippen MR) is 70.7 cm³/mol. The number of methoxy groups -OCH3 is 1. The second-order valence-electron chi connectivity index (χ2n) is 5.53. The van der Waals surface area contributed by atoms with Gasteiger partial charge in [-0.25, -0.2) is 0 Å². The van der Waals surface area contributed by atoms with Crippen LogP contribution in [0.25, 0.3) is 0 Å². The third kappa shape index (κ3) is 3.16. The number of carbonyl (C=O) groups is 2. The highest BCUT2D eigenvalue weighted by atomic mass is 19.4. The zero-order valence-corrected chi connectivity index (χ0v) is 12.6. The van der Waals surface area contributed by atoms with Crippen molar-refractivity contribution in [3.63, 3.8) is 0 Å². The molecule has 1 N–H and O–H groups in total. The van der Waals surface area contributed by atoms with Crippen molar-refractivity contribution in [2.45, 2.75) is 12.6 Å². The number of rotatable bonds is 4. The SMILES string of the molecule is COCC1(C(=O)O)CCN(C(=O)c2cc(C(F)(F)F)n(C)n2)C1. The first-order valence-electron chi connectivity index (χ1n) is 6.73. The van der Waals surface area contributed by atoms with Crippen LogP contribution in [0.3, 0.4) is 0 Å². The molecule has 1 aromatic rings. The van der Waals surface area contributed by atoms with Crippen molar-refractivity contribution in [3.8, 4) is 0 Å². The van der Waals surface area contributed by atoms with E-state index in [1.54, 1.807) is 0 Å². The number of halogens is 3. The molecule has 2 rings (SSSR count). The Balaban J connectivity index is 2.21. The zero-order valence-electron chi connectivity index (χ0n) is 12.6. The lowest BCUT2D eigenvalue weighted by molar-refractivity contribution is -0.151. The zero-order chi connectivity index (χ0) is 17.4. The first kappa shape index (κ1) is 17.3. The highest BCUT2D eigenvalue weighted by Crippen LogP contribution is 2.33. The van der Waals surface area contributed by atoms with Crippen molar-refractivity contribution in [2.75, 3.05) is 26.8 Å². The number of aromatic nitrogens is 2. The third-order valence-corrected chi connectivity index (χ3v) is 3.90. The summed E-state index contributed by atoms with van der Waals surface area (Å²) in [6.07, 6.45) is -4.45. The van der Waals surface area contributed by atoms with Crippen molar-refractivity contribution >= 4 is 11.9 Å². The summed E-state index contributed by atoms with van der Waals surface area (Å²) in [6, 6.07) is 0.666. The molecule has 1 amide bonds. The van der Waals surface area contributed by atoms with Crippen LogP contribution in [0.4, 0.5) is 13.2 Å². The van der Waals surface area contributed by atoms with Crippen molar-refractivity contribution in [2.24, 2.45) is 12.5 Å². The largest absolute Gasteiger partial charge is 0.481 e. The topological polar surface area (TPSA) is 84.7 Å². The van der Waals surface area contributed by atoms with Gasteiger partial charge in [0.25, 0.3) is 5.91 Å². The number of aryl methyl sites for hydroxylation is 1. The molecule has 1 atom stereocenters. The minimum atomic E-state index is -4.62. The van der Waals surface area contributed by atoms with Gasteiger partial charge in [-0.15, -0.1) is 0 Å². The predicted octanol–water partition coefficient (Wildman–Crippen LogP) is 1.00. The van der Waals surface area contributed by atoms with Gasteiger partial charge >= 0.3 is 12.1 Å². The van der Waals surface area contributed by atoms with Crippen LogP contribution in [0.2, 0.25) is 0 Å². The average Bonchev–Trinajstić information content (AvgIpc) is 3.03. The molecule has 2 heterocycles. The number of nitrogens with zero attached hydrogens (tertiary/aromatic N) is 3. The van der Waals surface area contributed by atoms with Crippen LogP contribution < -0.4 is 0 Å². The van der Waals surface area contributed by atoms with E-state index < -0.39 is 29.2 Å². The maximum atomic E-state index is 12.8. The summed E-state index contributed by atoms with van der Waals surface area (Å²) in [5.74, 6) is -1.83. The van der Waals surface area contributed by atoms with E-state index in [2.05, 4.69) is 5.10 Å². The number of likely N-dealkylation sites (tertiary alicyclic amines) is 1. The van der Waals surface area contributed by atoms with Crippen molar-refractivity contribution in [1.29, 1.82) is 0 Å². The number of amides is 1. The number of carboxylic acid groups (broad SMARTS) is 1. The molecule has 128 valence electrons. The van der Waals surface area contributed by atoms with Crippen molar-refractivity contribution in [3.05, 3.63) is 17.5 Å². The Hall–Kier alpha value is -2.10. The van der Waals surface area contributed by atoms with Crippen LogP contribution >= 0.6 is 0 Å². The highest BCUT2D eigenvalue weighted by Gasteiger charge is 2.47. The molecule has 1 aliphatic rings. The molecule has 1 aromatic heterocycles. The van der Waals surface area contributed by atoms with Gasteiger partial charge in [-0.05, 0) is 6.42 Å². The molecule has 1 fully saturated rings. The van der Waals surface area contributed by atoms with Crippen molar-refractivity contribution in [1.82, 2.24) is 14.7 Å². The Bertz CT molecular complexity index is 628. The Morgan fingerprint density at radius 1 is 1.48 bits per heavy atom. The van der Waals surface area contributed by atoms with Gasteiger partial charge in [0, 0.05) is 33.3 Å². The van der Waals surface area contributed by atoms with Crippen LogP contribution in [0.5, 0.6) is 0 Å². The molecular formula is C13H16F3N3O4. The number of carbonyl (C=O) groups excluding carboxylic acids is 1. The van der Waals surface area contributed by atoms with E-state index in [9.17, 15) is 27.9 Å². The summed E-state index contributed by atoms with van der Waals surface area (Å²) in [5.41, 5.74) is -2.65. The summed E-state index contributed by atoms with van der Waals surface area (Å²) >= 11 is 0. The van der Waals surface area contributed by atoms with Gasteiger partial charge < -0.3 is 14.7 Å². The third-order valence-electron chi connectivity index (χ3n) is 3.90. The molecule has 7 nitrogen and oxygen atoms in total. The monoisotopic (exact) mass is 335 g/mol. The van der Waals surface area contributed by atoms with Crippen LogP contribution in [0.15, 0.2) is 6.07 Å². The van der Waals surface area contributed by atoms with Gasteiger partial charge in [-0.1, -0.05) is 0 Å². The van der Waals surface area contributed by atoms with Gasteiger partial charge in [0.1, 0.15) is 11.1 Å². The first-order valence-corrected chi connectivity index (χ1v) is 6.73. The summed E-state index contributed by atoms with van der Waals surface area (Å²) in [7, 11) is 2.44. The summed E-state index contributed by atoms with van der Waals surface area (Å²) in [5, 5.41) is 12.9. The molecular weight excluding hydrogens is 319 g/mol. The van der Waals surface area contributed by atoms with Crippen LogP contribution in [-0.2, 0) is 22.8 Å². The normalized spacial score (nSPS) is 21.7. The van der Waals surface area contributed by atoms with Crippen molar-refractivity contribution < 1.29 is 32.6 Å². The number of hydrogen-bond donors (Lipinski definition) is 1. The smallest absolute Gasteiger partial charge is 0.433 e. The average molecular weight is 335 g/mol. The molecule has 0 spiro atoms. The number of ether oxygens (including phenoxy) is 1. The Morgan fingerprint density at radius 3 is 2.61 bits per heavy atom. The molecule has 10 heteroatoms. The van der Waals surface area contributed by atoms with Crippen LogP contribution in [0.1, 0.15) is 22.6 Å². The van der Waals surface area contributed by atoms with E-state index >= 15 is 0 Å². The molecule has 1 saturated heterocycles. The number of carboxylic acids is 1. The van der Waals surface area contributed by atoms with Gasteiger partial charge in [-0.3, -0.25) is 14.3 Å². The van der Waals surface area contributed by atoms with E-state index in [4.69, 9.17) is 4.74 Å². The molecule has 1 aliphatic heterocycles. The molecule has 0 aliphatic carbocycles. The first-order chi connectivity index (χ1) is 10.6. The Kier molecular flexibility index (Phi) is 4.38. The fourth-order valence-corrected chi connectivity index (χ4v) is 2.68. The van der Waals surface area contributed by atoms with Gasteiger partial charge in [0.2, 0.25) is 0 Å². The molecule has 0 aromatic carbocycles. The van der Waals surface area contributed by atoms with E-state index in [1.807, 2.05) is 0 Å². The van der Waals surface area contributed by atoms with Gasteiger partial charge in [0.15, 0.2) is 5.69 Å². The number of aliphatic carboxylic acids is 1. The number of hydrogen-bond acceptors (Lipinski definition) is 4. The summed E-state index contributed by atoms with van der Waals surface area (Å²) in [6.45, 7) is -0.0958. The number of alkyl halides is 3. The maximum absolute atomic E-state index is 12.8. The van der Waals surface area contributed by atoms with Gasteiger partial charge in [0.05, 0.1) is 6.61 Å². The molecule has 0 bridgehead atoms. The minimum Gasteiger partial charge on any atom is -0.481 e. The lowest BCUT2D eigenvalue weighted by atomic mass is 9.88. The molecule has 1 unspecified atom stereocenters. The van der Waals surface area contributed by atoms with E-state index in [0.29, 0.717) is 10.7 Å². The Morgan fingerprint density at radius 2 is 2.13 bits per heavy atom.